The van der Waals surface area contributed by atoms with Gasteiger partial charge >= 0.3 is 5.97 Å². The second-order valence-corrected chi connectivity index (χ2v) is 9.70. The van der Waals surface area contributed by atoms with Crippen LogP contribution in [0.15, 0.2) is 86.1 Å². The molecule has 2 aromatic heterocycles. The molecular formula is C29H23FN2O5S. The smallest absolute Gasteiger partial charge is 0.338 e. The first kappa shape index (κ1) is 25.3. The lowest BCUT2D eigenvalue weighted by molar-refractivity contribution is -0.139. The van der Waals surface area contributed by atoms with E-state index in [1.54, 1.807) is 68.5 Å². The van der Waals surface area contributed by atoms with Gasteiger partial charge in [-0.3, -0.25) is 14.2 Å². The third kappa shape index (κ3) is 4.68. The fourth-order valence-electron chi connectivity index (χ4n) is 4.34. The first-order valence-electron chi connectivity index (χ1n) is 11.9. The molecule has 1 aliphatic rings. The Hall–Kier alpha value is -4.37. The van der Waals surface area contributed by atoms with Crippen molar-refractivity contribution in [3.63, 3.8) is 0 Å². The van der Waals surface area contributed by atoms with E-state index in [4.69, 9.17) is 9.15 Å². The predicted molar refractivity (Wildman–Crippen MR) is 141 cm³/mol. The van der Waals surface area contributed by atoms with Crippen LogP contribution in [0.1, 0.15) is 48.5 Å². The predicted octanol–water partition coefficient (Wildman–Crippen LogP) is 4.40. The van der Waals surface area contributed by atoms with E-state index in [0.717, 1.165) is 5.56 Å². The zero-order chi connectivity index (χ0) is 27.0. The van der Waals surface area contributed by atoms with Gasteiger partial charge in [-0.2, -0.15) is 0 Å². The van der Waals surface area contributed by atoms with E-state index in [1.165, 1.54) is 35.0 Å². The summed E-state index contributed by atoms with van der Waals surface area (Å²) in [6.07, 6.45) is 1.63. The van der Waals surface area contributed by atoms with Gasteiger partial charge in [0.25, 0.3) is 5.56 Å². The standard InChI is InChI=1S/C29H23FN2O5S/c1-4-36-28(35)25-16(2)31-29-32(26(25)20-9-11-21(30)12-10-20)27(34)24(38-29)15-22-13-14-23(37-22)19-7-5-18(6-8-19)17(3)33/h5-15,26H,4H2,1-3H3/b24-15+/t26-/m1/s1. The summed E-state index contributed by atoms with van der Waals surface area (Å²) in [5.74, 6) is 0.0182. The van der Waals surface area contributed by atoms with Crippen molar-refractivity contribution in [1.82, 2.24) is 4.57 Å². The lowest BCUT2D eigenvalue weighted by Gasteiger charge is -2.24. The minimum absolute atomic E-state index is 0.0210. The monoisotopic (exact) mass is 530 g/mol. The summed E-state index contributed by atoms with van der Waals surface area (Å²) in [5, 5.41) is 0. The summed E-state index contributed by atoms with van der Waals surface area (Å²) in [5.41, 5.74) is 2.26. The molecule has 0 amide bonds. The number of allylic oxidation sites excluding steroid dienone is 1. The number of nitrogens with zero attached hydrogens (tertiary/aromatic N) is 2. The number of furan rings is 1. The van der Waals surface area contributed by atoms with Crippen LogP contribution in [0, 0.1) is 5.82 Å². The zero-order valence-electron chi connectivity index (χ0n) is 20.9. The molecule has 0 fully saturated rings. The van der Waals surface area contributed by atoms with Crippen LogP contribution in [0.4, 0.5) is 4.39 Å². The highest BCUT2D eigenvalue weighted by Crippen LogP contribution is 2.31. The molecule has 0 aliphatic carbocycles. The number of aromatic nitrogens is 1. The molecule has 3 heterocycles. The number of halogens is 1. The van der Waals surface area contributed by atoms with Crippen molar-refractivity contribution in [2.75, 3.05) is 6.61 Å². The Morgan fingerprint density at radius 2 is 1.82 bits per heavy atom. The van der Waals surface area contributed by atoms with E-state index in [9.17, 15) is 18.8 Å². The molecule has 5 rings (SSSR count). The molecule has 0 bridgehead atoms. The molecule has 2 aromatic carbocycles. The molecule has 1 aliphatic heterocycles. The van der Waals surface area contributed by atoms with Crippen LogP contribution in [0.3, 0.4) is 0 Å². The summed E-state index contributed by atoms with van der Waals surface area (Å²) < 4.78 is 26.7. The first-order valence-corrected chi connectivity index (χ1v) is 12.7. The number of Topliss-reactive ketones (excluding diaryl/α,β-unsaturated/α-hetero) is 1. The number of rotatable bonds is 6. The number of carbonyl (C=O) groups excluding carboxylic acids is 2. The van der Waals surface area contributed by atoms with Crippen LogP contribution >= 0.6 is 11.3 Å². The average Bonchev–Trinajstić information content (AvgIpc) is 3.48. The molecular weight excluding hydrogens is 507 g/mol. The highest BCUT2D eigenvalue weighted by Gasteiger charge is 2.33. The number of hydrogen-bond donors (Lipinski definition) is 0. The lowest BCUT2D eigenvalue weighted by Crippen LogP contribution is -2.39. The SMILES string of the molecule is CCOC(=O)C1=C(C)N=c2s/c(=C/c3ccc(-c4ccc(C(C)=O)cc4)o3)c(=O)n2[C@@H]1c1ccc(F)cc1. The Kier molecular flexibility index (Phi) is 6.77. The second-order valence-electron chi connectivity index (χ2n) is 8.69. The molecule has 0 unspecified atom stereocenters. The van der Waals surface area contributed by atoms with Gasteiger partial charge in [-0.25, -0.2) is 14.2 Å². The maximum absolute atomic E-state index is 13.7. The molecule has 38 heavy (non-hydrogen) atoms. The molecule has 192 valence electrons. The Labute approximate surface area is 220 Å². The van der Waals surface area contributed by atoms with Gasteiger partial charge in [0.1, 0.15) is 17.3 Å². The summed E-state index contributed by atoms with van der Waals surface area (Å²) >= 11 is 1.17. The van der Waals surface area contributed by atoms with Crippen molar-refractivity contribution in [1.29, 1.82) is 0 Å². The highest BCUT2D eigenvalue weighted by atomic mass is 32.1. The van der Waals surface area contributed by atoms with E-state index in [-0.39, 0.29) is 23.5 Å². The van der Waals surface area contributed by atoms with Gasteiger partial charge in [0, 0.05) is 17.2 Å². The third-order valence-corrected chi connectivity index (χ3v) is 7.16. The fraction of sp³-hybridized carbons (Fsp3) is 0.172. The minimum atomic E-state index is -0.819. The molecule has 7 nitrogen and oxygen atoms in total. The number of thiazole rings is 1. The van der Waals surface area contributed by atoms with Gasteiger partial charge in [-0.1, -0.05) is 47.7 Å². The molecule has 1 atom stereocenters. The first-order chi connectivity index (χ1) is 18.3. The van der Waals surface area contributed by atoms with Crippen molar-refractivity contribution in [2.24, 2.45) is 4.99 Å². The Morgan fingerprint density at radius 1 is 1.11 bits per heavy atom. The van der Waals surface area contributed by atoms with Gasteiger partial charge in [0.15, 0.2) is 10.6 Å². The zero-order valence-corrected chi connectivity index (χ0v) is 21.7. The Balaban J connectivity index is 1.59. The number of esters is 1. The average molecular weight is 531 g/mol. The Bertz CT molecular complexity index is 1760. The quantitative estimate of drug-likeness (QED) is 0.272. The van der Waals surface area contributed by atoms with Crippen molar-refractivity contribution >= 4 is 29.2 Å². The van der Waals surface area contributed by atoms with Gasteiger partial charge in [-0.15, -0.1) is 0 Å². The maximum Gasteiger partial charge on any atom is 0.338 e. The highest BCUT2D eigenvalue weighted by molar-refractivity contribution is 7.07. The minimum Gasteiger partial charge on any atom is -0.463 e. The molecule has 9 heteroatoms. The van der Waals surface area contributed by atoms with E-state index in [2.05, 4.69) is 4.99 Å². The lowest BCUT2D eigenvalue weighted by atomic mass is 9.96. The van der Waals surface area contributed by atoms with Crippen molar-refractivity contribution in [2.45, 2.75) is 26.8 Å². The van der Waals surface area contributed by atoms with Gasteiger partial charge in [0.2, 0.25) is 0 Å². The van der Waals surface area contributed by atoms with E-state index in [0.29, 0.717) is 37.7 Å². The largest absolute Gasteiger partial charge is 0.463 e. The fourth-order valence-corrected chi connectivity index (χ4v) is 5.36. The van der Waals surface area contributed by atoms with Gasteiger partial charge in [0.05, 0.1) is 28.5 Å². The number of ether oxygens (including phenoxy) is 1. The molecule has 0 radical (unpaired) electrons. The van der Waals surface area contributed by atoms with Crippen LogP contribution in [0.2, 0.25) is 0 Å². The third-order valence-electron chi connectivity index (χ3n) is 6.18. The normalized spacial score (nSPS) is 15.3. The topological polar surface area (TPSA) is 90.9 Å². The molecule has 4 aromatic rings. The van der Waals surface area contributed by atoms with Crippen molar-refractivity contribution in [3.05, 3.63) is 114 Å². The Morgan fingerprint density at radius 3 is 2.47 bits per heavy atom. The van der Waals surface area contributed by atoms with Crippen LogP contribution in [-0.2, 0) is 9.53 Å². The van der Waals surface area contributed by atoms with Crippen LogP contribution in [0.5, 0.6) is 0 Å². The van der Waals surface area contributed by atoms with Crippen molar-refractivity contribution in [3.8, 4) is 11.3 Å². The number of fused-ring (bicyclic) bond motifs is 1. The van der Waals surface area contributed by atoms with Crippen molar-refractivity contribution < 1.29 is 23.1 Å². The number of benzene rings is 2. The molecule has 0 saturated carbocycles. The molecule has 0 N–H and O–H groups in total. The second kappa shape index (κ2) is 10.2. The summed E-state index contributed by atoms with van der Waals surface area (Å²) in [6, 6.07) is 15.5. The van der Waals surface area contributed by atoms with E-state index < -0.39 is 17.8 Å². The van der Waals surface area contributed by atoms with Gasteiger partial charge in [-0.05, 0) is 50.6 Å². The summed E-state index contributed by atoms with van der Waals surface area (Å²) in [7, 11) is 0. The molecule has 0 saturated heterocycles. The number of hydrogen-bond acceptors (Lipinski definition) is 7. The van der Waals surface area contributed by atoms with Crippen LogP contribution < -0.4 is 14.9 Å². The number of ketones is 1. The maximum atomic E-state index is 13.7. The molecule has 0 spiro atoms. The van der Waals surface area contributed by atoms with Crippen LogP contribution in [0.25, 0.3) is 17.4 Å². The summed E-state index contributed by atoms with van der Waals surface area (Å²) in [6.45, 7) is 5.06. The van der Waals surface area contributed by atoms with Gasteiger partial charge < -0.3 is 9.15 Å². The van der Waals surface area contributed by atoms with Crippen LogP contribution in [-0.4, -0.2) is 22.9 Å². The van der Waals surface area contributed by atoms with E-state index in [1.807, 2.05) is 0 Å². The number of carbonyl (C=O) groups is 2. The summed E-state index contributed by atoms with van der Waals surface area (Å²) in [4.78, 5) is 43.0. The van der Waals surface area contributed by atoms with E-state index >= 15 is 0 Å².